The number of hydrogen-bond donors (Lipinski definition) is 3. The zero-order chi connectivity index (χ0) is 16.1. The standard InChI is InChI=1S/C17H18N2O3/c1-11-3-4-12(2)14(7-11)9-17(22)19-18-10-13-5-6-15(20)16(21)8-13/h3-8,10,20-21H,9H2,1-2H3,(H,19,22)/b18-10+. The summed E-state index contributed by atoms with van der Waals surface area (Å²) in [6.07, 6.45) is 1.66. The van der Waals surface area contributed by atoms with E-state index in [1.54, 1.807) is 6.07 Å². The summed E-state index contributed by atoms with van der Waals surface area (Å²) in [7, 11) is 0. The largest absolute Gasteiger partial charge is 0.504 e. The highest BCUT2D eigenvalue weighted by Gasteiger charge is 2.05. The average molecular weight is 298 g/mol. The molecule has 2 rings (SSSR count). The Morgan fingerprint density at radius 2 is 1.91 bits per heavy atom. The van der Waals surface area contributed by atoms with E-state index in [9.17, 15) is 15.0 Å². The van der Waals surface area contributed by atoms with Gasteiger partial charge in [0.2, 0.25) is 5.91 Å². The highest BCUT2D eigenvalue weighted by Crippen LogP contribution is 2.23. The number of carbonyl (C=O) groups is 1. The van der Waals surface area contributed by atoms with Crippen molar-refractivity contribution in [2.45, 2.75) is 20.3 Å². The van der Waals surface area contributed by atoms with E-state index in [0.29, 0.717) is 5.56 Å². The molecule has 0 unspecified atom stereocenters. The maximum Gasteiger partial charge on any atom is 0.244 e. The number of nitrogens with one attached hydrogen (secondary N) is 1. The maximum absolute atomic E-state index is 11.9. The first-order valence-electron chi connectivity index (χ1n) is 6.85. The van der Waals surface area contributed by atoms with Crippen molar-refractivity contribution in [3.05, 3.63) is 58.7 Å². The van der Waals surface area contributed by atoms with Crippen molar-refractivity contribution in [1.29, 1.82) is 0 Å². The molecule has 0 aliphatic rings. The molecular weight excluding hydrogens is 280 g/mol. The van der Waals surface area contributed by atoms with Crippen LogP contribution in [0.3, 0.4) is 0 Å². The van der Waals surface area contributed by atoms with Crippen LogP contribution in [0.1, 0.15) is 22.3 Å². The molecule has 0 spiro atoms. The lowest BCUT2D eigenvalue weighted by Gasteiger charge is -2.06. The lowest BCUT2D eigenvalue weighted by Crippen LogP contribution is -2.20. The number of aromatic hydroxyl groups is 2. The first kappa shape index (κ1) is 15.6. The molecule has 0 aliphatic heterocycles. The van der Waals surface area contributed by atoms with Gasteiger partial charge in [-0.25, -0.2) is 5.43 Å². The number of phenolic OH excluding ortho intramolecular Hbond substituents is 2. The minimum absolute atomic E-state index is 0.198. The van der Waals surface area contributed by atoms with Gasteiger partial charge in [-0.2, -0.15) is 5.10 Å². The monoisotopic (exact) mass is 298 g/mol. The third kappa shape index (κ3) is 4.09. The molecule has 0 fully saturated rings. The number of hydrogen-bond acceptors (Lipinski definition) is 4. The number of nitrogens with zero attached hydrogens (tertiary/aromatic N) is 1. The highest BCUT2D eigenvalue weighted by molar-refractivity contribution is 5.84. The molecule has 1 amide bonds. The fourth-order valence-electron chi connectivity index (χ4n) is 2.00. The summed E-state index contributed by atoms with van der Waals surface area (Å²) in [5.74, 6) is -0.644. The van der Waals surface area contributed by atoms with Crippen LogP contribution in [0.2, 0.25) is 0 Å². The van der Waals surface area contributed by atoms with Crippen LogP contribution in [0.5, 0.6) is 11.5 Å². The molecule has 0 atom stereocenters. The SMILES string of the molecule is Cc1ccc(C)c(CC(=O)N/N=C/c2ccc(O)c(O)c2)c1. The number of benzene rings is 2. The molecule has 0 bridgehead atoms. The van der Waals surface area contributed by atoms with Crippen LogP contribution in [0, 0.1) is 13.8 Å². The first-order valence-corrected chi connectivity index (χ1v) is 6.85. The molecule has 22 heavy (non-hydrogen) atoms. The minimum atomic E-state index is -0.231. The Morgan fingerprint density at radius 3 is 2.64 bits per heavy atom. The van der Waals surface area contributed by atoms with Gasteiger partial charge >= 0.3 is 0 Å². The summed E-state index contributed by atoms with van der Waals surface area (Å²) < 4.78 is 0. The fraction of sp³-hybridized carbons (Fsp3) is 0.176. The molecule has 3 N–H and O–H groups in total. The van der Waals surface area contributed by atoms with Gasteiger partial charge in [0.15, 0.2) is 11.5 Å². The summed E-state index contributed by atoms with van der Waals surface area (Å²) >= 11 is 0. The third-order valence-electron chi connectivity index (χ3n) is 3.26. The predicted octanol–water partition coefficient (Wildman–Crippen LogP) is 2.41. The molecule has 0 aliphatic carbocycles. The van der Waals surface area contributed by atoms with E-state index in [0.717, 1.165) is 16.7 Å². The number of rotatable bonds is 4. The van der Waals surface area contributed by atoms with E-state index >= 15 is 0 Å². The van der Waals surface area contributed by atoms with Gasteiger partial charge in [-0.15, -0.1) is 0 Å². The third-order valence-corrected chi connectivity index (χ3v) is 3.26. The zero-order valence-corrected chi connectivity index (χ0v) is 12.5. The lowest BCUT2D eigenvalue weighted by atomic mass is 10.0. The van der Waals surface area contributed by atoms with Crippen LogP contribution in [0.4, 0.5) is 0 Å². The smallest absolute Gasteiger partial charge is 0.244 e. The van der Waals surface area contributed by atoms with Crippen LogP contribution in [-0.4, -0.2) is 22.3 Å². The first-order chi connectivity index (χ1) is 10.5. The number of aryl methyl sites for hydroxylation is 2. The van der Waals surface area contributed by atoms with E-state index in [-0.39, 0.29) is 23.8 Å². The Morgan fingerprint density at radius 1 is 1.14 bits per heavy atom. The number of hydrazone groups is 1. The molecule has 2 aromatic rings. The van der Waals surface area contributed by atoms with Gasteiger partial charge in [0.1, 0.15) is 0 Å². The van der Waals surface area contributed by atoms with Crippen LogP contribution in [-0.2, 0) is 11.2 Å². The van der Waals surface area contributed by atoms with Crippen LogP contribution >= 0.6 is 0 Å². The van der Waals surface area contributed by atoms with E-state index in [1.165, 1.54) is 18.3 Å². The van der Waals surface area contributed by atoms with Gasteiger partial charge in [-0.3, -0.25) is 4.79 Å². The van der Waals surface area contributed by atoms with Crippen molar-refractivity contribution in [1.82, 2.24) is 5.43 Å². The van der Waals surface area contributed by atoms with Gasteiger partial charge in [0.25, 0.3) is 0 Å². The molecule has 0 saturated carbocycles. The second-order valence-corrected chi connectivity index (χ2v) is 5.15. The van der Waals surface area contributed by atoms with Gasteiger partial charge in [-0.05, 0) is 48.7 Å². The van der Waals surface area contributed by atoms with Gasteiger partial charge in [-0.1, -0.05) is 23.8 Å². The Hall–Kier alpha value is -2.82. The number of carbonyl (C=O) groups excluding carboxylic acids is 1. The zero-order valence-electron chi connectivity index (χ0n) is 12.5. The van der Waals surface area contributed by atoms with Crippen molar-refractivity contribution in [2.24, 2.45) is 5.10 Å². The molecule has 0 heterocycles. The van der Waals surface area contributed by atoms with Crippen LogP contribution in [0.15, 0.2) is 41.5 Å². The molecule has 5 heteroatoms. The van der Waals surface area contributed by atoms with Crippen molar-refractivity contribution < 1.29 is 15.0 Å². The molecular formula is C17H18N2O3. The molecule has 0 radical (unpaired) electrons. The molecule has 2 aromatic carbocycles. The van der Waals surface area contributed by atoms with Gasteiger partial charge < -0.3 is 10.2 Å². The molecule has 114 valence electrons. The average Bonchev–Trinajstić information content (AvgIpc) is 2.47. The molecule has 0 saturated heterocycles. The minimum Gasteiger partial charge on any atom is -0.504 e. The van der Waals surface area contributed by atoms with E-state index in [4.69, 9.17) is 0 Å². The Balaban J connectivity index is 1.96. The number of phenols is 2. The van der Waals surface area contributed by atoms with E-state index in [2.05, 4.69) is 10.5 Å². The Labute approximate surface area is 128 Å². The lowest BCUT2D eigenvalue weighted by molar-refractivity contribution is -0.120. The summed E-state index contributed by atoms with van der Waals surface area (Å²) in [6, 6.07) is 10.3. The second kappa shape index (κ2) is 6.76. The Kier molecular flexibility index (Phi) is 4.78. The van der Waals surface area contributed by atoms with Crippen molar-refractivity contribution >= 4 is 12.1 Å². The topological polar surface area (TPSA) is 81.9 Å². The fourth-order valence-corrected chi connectivity index (χ4v) is 2.00. The van der Waals surface area contributed by atoms with E-state index < -0.39 is 0 Å². The quantitative estimate of drug-likeness (QED) is 0.460. The summed E-state index contributed by atoms with van der Waals surface area (Å²) in [6.45, 7) is 3.95. The van der Waals surface area contributed by atoms with Gasteiger partial charge in [0.05, 0.1) is 12.6 Å². The van der Waals surface area contributed by atoms with Crippen molar-refractivity contribution in [2.75, 3.05) is 0 Å². The van der Waals surface area contributed by atoms with Crippen LogP contribution in [0.25, 0.3) is 0 Å². The summed E-state index contributed by atoms with van der Waals surface area (Å²) in [5.41, 5.74) is 6.16. The summed E-state index contributed by atoms with van der Waals surface area (Å²) in [5, 5.41) is 22.4. The van der Waals surface area contributed by atoms with Gasteiger partial charge in [0, 0.05) is 0 Å². The summed E-state index contributed by atoms with van der Waals surface area (Å²) in [4.78, 5) is 11.9. The van der Waals surface area contributed by atoms with E-state index in [1.807, 2.05) is 32.0 Å². The Bertz CT molecular complexity index is 724. The molecule has 5 nitrogen and oxygen atoms in total. The maximum atomic E-state index is 11.9. The molecule has 0 aromatic heterocycles. The number of amides is 1. The highest BCUT2D eigenvalue weighted by atomic mass is 16.3. The predicted molar refractivity (Wildman–Crippen MR) is 85.1 cm³/mol. The van der Waals surface area contributed by atoms with Crippen molar-refractivity contribution in [3.8, 4) is 11.5 Å². The van der Waals surface area contributed by atoms with Crippen LogP contribution < -0.4 is 5.43 Å². The van der Waals surface area contributed by atoms with Crippen molar-refractivity contribution in [3.63, 3.8) is 0 Å². The second-order valence-electron chi connectivity index (χ2n) is 5.15. The normalized spacial score (nSPS) is 10.8.